The first-order chi connectivity index (χ1) is 10.9. The van der Waals surface area contributed by atoms with Gasteiger partial charge in [0.05, 0.1) is 17.5 Å². The van der Waals surface area contributed by atoms with Gasteiger partial charge in [-0.25, -0.2) is 4.90 Å². The van der Waals surface area contributed by atoms with Crippen LogP contribution in [0.3, 0.4) is 0 Å². The molecule has 0 aromatic heterocycles. The van der Waals surface area contributed by atoms with Crippen molar-refractivity contribution in [2.24, 2.45) is 5.73 Å². The lowest BCUT2D eigenvalue weighted by atomic mass is 10.3. The normalized spacial score (nSPS) is 19.1. The molecule has 0 unspecified atom stereocenters. The highest BCUT2D eigenvalue weighted by atomic mass is 127. The first-order valence-corrected chi connectivity index (χ1v) is 9.23. The Labute approximate surface area is 152 Å². The molecule has 2 N–H and O–H groups in total. The SMILES string of the molecule is CCOC(=O)[C@H](N)CS[C@@H]1CC(=O)N(c2ccc(I)cc2)C1=O. The number of hydrogen-bond acceptors (Lipinski definition) is 6. The predicted molar refractivity (Wildman–Crippen MR) is 97.1 cm³/mol. The fraction of sp³-hybridized carbons (Fsp3) is 0.400. The lowest BCUT2D eigenvalue weighted by Gasteiger charge is -2.16. The van der Waals surface area contributed by atoms with Gasteiger partial charge in [-0.1, -0.05) is 0 Å². The molecule has 0 radical (unpaired) electrons. The van der Waals surface area contributed by atoms with E-state index in [1.807, 2.05) is 12.1 Å². The average Bonchev–Trinajstić information content (AvgIpc) is 2.80. The molecule has 1 aromatic rings. The number of esters is 1. The Morgan fingerprint density at radius 3 is 2.70 bits per heavy atom. The Hall–Kier alpha value is -1.13. The van der Waals surface area contributed by atoms with Crippen LogP contribution in [0.15, 0.2) is 24.3 Å². The van der Waals surface area contributed by atoms with Crippen LogP contribution in [0.4, 0.5) is 5.69 Å². The van der Waals surface area contributed by atoms with Gasteiger partial charge in [-0.2, -0.15) is 0 Å². The second kappa shape index (κ2) is 8.11. The molecule has 124 valence electrons. The summed E-state index contributed by atoms with van der Waals surface area (Å²) in [6, 6.07) is 6.38. The topological polar surface area (TPSA) is 89.7 Å². The van der Waals surface area contributed by atoms with Crippen molar-refractivity contribution >= 4 is 57.8 Å². The van der Waals surface area contributed by atoms with Gasteiger partial charge in [0.2, 0.25) is 11.8 Å². The molecule has 0 saturated carbocycles. The van der Waals surface area contributed by atoms with Gasteiger partial charge in [0, 0.05) is 15.7 Å². The predicted octanol–water partition coefficient (Wildman–Crippen LogP) is 1.55. The van der Waals surface area contributed by atoms with E-state index in [0.29, 0.717) is 5.69 Å². The summed E-state index contributed by atoms with van der Waals surface area (Å²) in [7, 11) is 0. The van der Waals surface area contributed by atoms with Crippen LogP contribution < -0.4 is 10.6 Å². The summed E-state index contributed by atoms with van der Waals surface area (Å²) >= 11 is 3.38. The minimum atomic E-state index is -0.796. The minimum Gasteiger partial charge on any atom is -0.465 e. The number of ether oxygens (including phenoxy) is 1. The highest BCUT2D eigenvalue weighted by molar-refractivity contribution is 14.1. The fourth-order valence-corrected chi connectivity index (χ4v) is 3.58. The molecule has 1 heterocycles. The molecular formula is C15H17IN2O4S. The van der Waals surface area contributed by atoms with Crippen molar-refractivity contribution in [1.82, 2.24) is 0 Å². The molecule has 2 amide bonds. The zero-order valence-corrected chi connectivity index (χ0v) is 15.5. The molecule has 0 bridgehead atoms. The standard InChI is InChI=1S/C15H17IN2O4S/c1-2-22-15(21)11(17)8-23-12-7-13(19)18(14(12)20)10-5-3-9(16)4-6-10/h3-6,11-12H,2,7-8,17H2,1H3/t11-,12-/m1/s1. The molecule has 1 aliphatic heterocycles. The number of thioether (sulfide) groups is 1. The number of halogens is 1. The van der Waals surface area contributed by atoms with Crippen molar-refractivity contribution < 1.29 is 19.1 Å². The lowest BCUT2D eigenvalue weighted by molar-refractivity contribution is -0.144. The van der Waals surface area contributed by atoms with Crippen LogP contribution in [0, 0.1) is 3.57 Å². The van der Waals surface area contributed by atoms with E-state index in [-0.39, 0.29) is 30.6 Å². The van der Waals surface area contributed by atoms with E-state index in [2.05, 4.69) is 22.6 Å². The molecule has 0 aliphatic carbocycles. The summed E-state index contributed by atoms with van der Waals surface area (Å²) < 4.78 is 5.85. The maximum Gasteiger partial charge on any atom is 0.323 e. The van der Waals surface area contributed by atoms with Gasteiger partial charge in [0.1, 0.15) is 6.04 Å². The third-order valence-electron chi connectivity index (χ3n) is 3.26. The maximum atomic E-state index is 12.4. The molecular weight excluding hydrogens is 431 g/mol. The molecule has 1 saturated heterocycles. The lowest BCUT2D eigenvalue weighted by Crippen LogP contribution is -2.36. The van der Waals surface area contributed by atoms with E-state index in [1.165, 1.54) is 16.7 Å². The number of amides is 2. The summed E-state index contributed by atoms with van der Waals surface area (Å²) in [6.07, 6.45) is 0.116. The van der Waals surface area contributed by atoms with Crippen LogP contribution in [-0.4, -0.2) is 41.4 Å². The van der Waals surface area contributed by atoms with Crippen molar-refractivity contribution in [2.45, 2.75) is 24.6 Å². The van der Waals surface area contributed by atoms with Gasteiger partial charge in [-0.3, -0.25) is 14.4 Å². The largest absolute Gasteiger partial charge is 0.465 e. The summed E-state index contributed by atoms with van der Waals surface area (Å²) in [4.78, 5) is 37.2. The van der Waals surface area contributed by atoms with Crippen molar-refractivity contribution in [2.75, 3.05) is 17.3 Å². The van der Waals surface area contributed by atoms with E-state index in [1.54, 1.807) is 19.1 Å². The summed E-state index contributed by atoms with van der Waals surface area (Å²) in [5.41, 5.74) is 6.29. The van der Waals surface area contributed by atoms with E-state index >= 15 is 0 Å². The number of nitrogens with zero attached hydrogens (tertiary/aromatic N) is 1. The number of rotatable bonds is 6. The Morgan fingerprint density at radius 2 is 2.09 bits per heavy atom. The summed E-state index contributed by atoms with van der Waals surface area (Å²) in [5.74, 6) is -0.759. The first-order valence-electron chi connectivity index (χ1n) is 7.10. The molecule has 6 nitrogen and oxygen atoms in total. The summed E-state index contributed by atoms with van der Waals surface area (Å²) in [6.45, 7) is 1.97. The molecule has 2 atom stereocenters. The smallest absolute Gasteiger partial charge is 0.323 e. The molecule has 2 rings (SSSR count). The van der Waals surface area contributed by atoms with Crippen LogP contribution in [0.2, 0.25) is 0 Å². The van der Waals surface area contributed by atoms with Gasteiger partial charge >= 0.3 is 5.97 Å². The van der Waals surface area contributed by atoms with E-state index in [9.17, 15) is 14.4 Å². The number of hydrogen-bond donors (Lipinski definition) is 1. The van der Waals surface area contributed by atoms with Crippen molar-refractivity contribution in [1.29, 1.82) is 0 Å². The quantitative estimate of drug-likeness (QED) is 0.404. The Bertz CT molecular complexity index is 608. The zero-order valence-electron chi connectivity index (χ0n) is 12.5. The van der Waals surface area contributed by atoms with Gasteiger partial charge in [-0.15, -0.1) is 11.8 Å². The fourth-order valence-electron chi connectivity index (χ4n) is 2.13. The van der Waals surface area contributed by atoms with E-state index < -0.39 is 17.3 Å². The Balaban J connectivity index is 1.98. The number of imide groups is 1. The number of nitrogens with two attached hydrogens (primary N) is 1. The third kappa shape index (κ3) is 4.45. The highest BCUT2D eigenvalue weighted by Gasteiger charge is 2.40. The first kappa shape index (κ1) is 18.2. The average molecular weight is 448 g/mol. The van der Waals surface area contributed by atoms with Crippen LogP contribution >= 0.6 is 34.4 Å². The van der Waals surface area contributed by atoms with Crippen LogP contribution in [0.5, 0.6) is 0 Å². The number of carbonyl (C=O) groups excluding carboxylic acids is 3. The van der Waals surface area contributed by atoms with Gasteiger partial charge in [0.15, 0.2) is 0 Å². The van der Waals surface area contributed by atoms with E-state index in [4.69, 9.17) is 10.5 Å². The minimum absolute atomic E-state index is 0.116. The van der Waals surface area contributed by atoms with Crippen LogP contribution in [0.25, 0.3) is 0 Å². The molecule has 1 fully saturated rings. The second-order valence-electron chi connectivity index (χ2n) is 4.93. The maximum absolute atomic E-state index is 12.4. The monoisotopic (exact) mass is 448 g/mol. The van der Waals surface area contributed by atoms with Crippen molar-refractivity contribution in [3.63, 3.8) is 0 Å². The van der Waals surface area contributed by atoms with Gasteiger partial charge in [-0.05, 0) is 53.8 Å². The van der Waals surface area contributed by atoms with Crippen LogP contribution in [0.1, 0.15) is 13.3 Å². The number of anilines is 1. The molecule has 1 aliphatic rings. The number of benzene rings is 1. The molecule has 0 spiro atoms. The third-order valence-corrected chi connectivity index (χ3v) is 5.30. The molecule has 1 aromatic carbocycles. The van der Waals surface area contributed by atoms with E-state index in [0.717, 1.165) is 3.57 Å². The Kier molecular flexibility index (Phi) is 6.42. The highest BCUT2D eigenvalue weighted by Crippen LogP contribution is 2.30. The molecule has 23 heavy (non-hydrogen) atoms. The van der Waals surface area contributed by atoms with Crippen molar-refractivity contribution in [3.8, 4) is 0 Å². The summed E-state index contributed by atoms with van der Waals surface area (Å²) in [5, 5.41) is -0.512. The van der Waals surface area contributed by atoms with Gasteiger partial charge < -0.3 is 10.5 Å². The van der Waals surface area contributed by atoms with Crippen LogP contribution in [-0.2, 0) is 19.1 Å². The Morgan fingerprint density at radius 1 is 1.43 bits per heavy atom. The zero-order chi connectivity index (χ0) is 17.0. The van der Waals surface area contributed by atoms with Gasteiger partial charge in [0.25, 0.3) is 0 Å². The van der Waals surface area contributed by atoms with Crippen molar-refractivity contribution in [3.05, 3.63) is 27.8 Å². The number of carbonyl (C=O) groups is 3. The second-order valence-corrected chi connectivity index (χ2v) is 7.41. The molecule has 8 heteroatoms.